The summed E-state index contributed by atoms with van der Waals surface area (Å²) in [6.45, 7) is 0. The molecule has 0 spiro atoms. The second-order valence-electron chi connectivity index (χ2n) is 14.4. The number of rotatable bonds is 4. The molecule has 12 rings (SSSR count). The molecule has 0 radical (unpaired) electrons. The fourth-order valence-electron chi connectivity index (χ4n) is 8.59. The minimum Gasteiger partial charge on any atom is -0.455 e. The van der Waals surface area contributed by atoms with E-state index in [0.29, 0.717) is 17.5 Å². The largest absolute Gasteiger partial charge is 0.455 e. The number of para-hydroxylation sites is 1. The maximum atomic E-state index is 6.74. The fraction of sp³-hybridized carbons (Fsp3) is 0. The van der Waals surface area contributed by atoms with Gasteiger partial charge >= 0.3 is 0 Å². The van der Waals surface area contributed by atoms with Gasteiger partial charge in [0.2, 0.25) is 0 Å². The SMILES string of the molecule is c1ccc(-c2nc(-c3ccccc3)nc(-c3cc4cc(-n5c6cc7ccccc7cc6c6ccc7ccccc7c65)ccc4c4c3oc3ccccc34)n2)cc1. The predicted octanol–water partition coefficient (Wildman–Crippen LogP) is 13.3. The standard InChI is InChI=1S/C51H30N4O/c1-3-14-32(15-4-1)49-52-50(33-16-5-2-6-17-33)54-51(53-49)43-29-36-27-37(24-26-38(36)46-41-21-11-12-22-45(41)56-48(43)46)55-44-30-35-19-8-7-18-34(35)28-42(44)40-25-23-31-13-9-10-20-39(31)47(40)55/h1-30H. The first kappa shape index (κ1) is 30.8. The number of furan rings is 1. The summed E-state index contributed by atoms with van der Waals surface area (Å²) in [6.07, 6.45) is 0. The molecule has 5 heteroatoms. The number of hydrogen-bond acceptors (Lipinski definition) is 4. The van der Waals surface area contributed by atoms with Crippen LogP contribution in [0.15, 0.2) is 186 Å². The van der Waals surface area contributed by atoms with E-state index in [1.54, 1.807) is 0 Å². The van der Waals surface area contributed by atoms with E-state index >= 15 is 0 Å². The first-order valence-corrected chi connectivity index (χ1v) is 18.9. The third-order valence-electron chi connectivity index (χ3n) is 11.2. The highest BCUT2D eigenvalue weighted by Crippen LogP contribution is 2.43. The molecular weight excluding hydrogens is 685 g/mol. The molecule has 0 N–H and O–H groups in total. The van der Waals surface area contributed by atoms with Crippen molar-refractivity contribution < 1.29 is 4.42 Å². The van der Waals surface area contributed by atoms with Gasteiger partial charge in [0, 0.05) is 43.7 Å². The van der Waals surface area contributed by atoms with Gasteiger partial charge in [-0.3, -0.25) is 0 Å². The molecule has 260 valence electrons. The van der Waals surface area contributed by atoms with Crippen LogP contribution in [0.1, 0.15) is 0 Å². The molecular formula is C51H30N4O. The minimum absolute atomic E-state index is 0.559. The topological polar surface area (TPSA) is 56.7 Å². The van der Waals surface area contributed by atoms with E-state index in [0.717, 1.165) is 55.1 Å². The first-order chi connectivity index (χ1) is 27.7. The third kappa shape index (κ3) is 4.64. The molecule has 0 saturated heterocycles. The van der Waals surface area contributed by atoms with Crippen molar-refractivity contribution in [3.63, 3.8) is 0 Å². The molecule has 0 aliphatic carbocycles. The summed E-state index contributed by atoms with van der Waals surface area (Å²) in [7, 11) is 0. The van der Waals surface area contributed by atoms with E-state index in [1.807, 2.05) is 72.8 Å². The Kier molecular flexibility index (Phi) is 6.56. The highest BCUT2D eigenvalue weighted by Gasteiger charge is 2.22. The number of aromatic nitrogens is 4. The smallest absolute Gasteiger partial charge is 0.167 e. The molecule has 0 unspecified atom stereocenters. The highest BCUT2D eigenvalue weighted by molar-refractivity contribution is 6.23. The molecule has 3 heterocycles. The first-order valence-electron chi connectivity index (χ1n) is 18.9. The maximum Gasteiger partial charge on any atom is 0.167 e. The lowest BCUT2D eigenvalue weighted by Gasteiger charge is -2.13. The number of nitrogens with zero attached hydrogens (tertiary/aromatic N) is 4. The fourth-order valence-corrected chi connectivity index (χ4v) is 8.59. The van der Waals surface area contributed by atoms with Crippen LogP contribution in [0.2, 0.25) is 0 Å². The van der Waals surface area contributed by atoms with E-state index in [-0.39, 0.29) is 0 Å². The Bertz CT molecular complexity index is 3470. The Morgan fingerprint density at radius 1 is 0.393 bits per heavy atom. The molecule has 12 aromatic rings. The summed E-state index contributed by atoms with van der Waals surface area (Å²) in [6, 6.07) is 64.0. The van der Waals surface area contributed by atoms with Crippen molar-refractivity contribution in [2.45, 2.75) is 0 Å². The van der Waals surface area contributed by atoms with Crippen LogP contribution >= 0.6 is 0 Å². The van der Waals surface area contributed by atoms with E-state index in [9.17, 15) is 0 Å². The summed E-state index contributed by atoms with van der Waals surface area (Å²) in [5, 5.41) is 11.6. The van der Waals surface area contributed by atoms with Crippen LogP contribution in [-0.4, -0.2) is 19.5 Å². The molecule has 0 aliphatic heterocycles. The summed E-state index contributed by atoms with van der Waals surface area (Å²) in [5.74, 6) is 1.78. The lowest BCUT2D eigenvalue weighted by atomic mass is 9.99. The van der Waals surface area contributed by atoms with Crippen molar-refractivity contribution in [2.24, 2.45) is 0 Å². The Morgan fingerprint density at radius 2 is 1.00 bits per heavy atom. The van der Waals surface area contributed by atoms with Gasteiger partial charge in [0.15, 0.2) is 17.5 Å². The van der Waals surface area contributed by atoms with Crippen LogP contribution < -0.4 is 0 Å². The average molecular weight is 715 g/mol. The lowest BCUT2D eigenvalue weighted by Crippen LogP contribution is -2.00. The molecule has 0 amide bonds. The van der Waals surface area contributed by atoms with Gasteiger partial charge in [-0.2, -0.15) is 0 Å². The molecule has 0 fully saturated rings. The zero-order chi connectivity index (χ0) is 36.7. The van der Waals surface area contributed by atoms with Crippen LogP contribution in [0.25, 0.3) is 116 Å². The number of fused-ring (bicyclic) bond motifs is 11. The van der Waals surface area contributed by atoms with Gasteiger partial charge < -0.3 is 8.98 Å². The quantitative estimate of drug-likeness (QED) is 0.182. The van der Waals surface area contributed by atoms with Crippen molar-refractivity contribution in [1.82, 2.24) is 19.5 Å². The van der Waals surface area contributed by atoms with Gasteiger partial charge in [0.1, 0.15) is 11.2 Å². The normalized spacial score (nSPS) is 11.9. The van der Waals surface area contributed by atoms with Gasteiger partial charge in [-0.05, 0) is 63.3 Å². The summed E-state index contributed by atoms with van der Waals surface area (Å²) < 4.78 is 9.18. The van der Waals surface area contributed by atoms with E-state index < -0.39 is 0 Å². The Balaban J connectivity index is 1.18. The highest BCUT2D eigenvalue weighted by atomic mass is 16.3. The molecule has 0 atom stereocenters. The maximum absolute atomic E-state index is 6.74. The molecule has 0 bridgehead atoms. The van der Waals surface area contributed by atoms with Crippen LogP contribution in [0, 0.1) is 0 Å². The Morgan fingerprint density at radius 3 is 1.75 bits per heavy atom. The van der Waals surface area contributed by atoms with E-state index in [2.05, 4.69) is 114 Å². The zero-order valence-electron chi connectivity index (χ0n) is 30.0. The lowest BCUT2D eigenvalue weighted by molar-refractivity contribution is 0.670. The van der Waals surface area contributed by atoms with Crippen molar-refractivity contribution in [2.75, 3.05) is 0 Å². The third-order valence-corrected chi connectivity index (χ3v) is 11.2. The number of hydrogen-bond donors (Lipinski definition) is 0. The molecule has 0 aliphatic rings. The van der Waals surface area contributed by atoms with E-state index in [1.165, 1.54) is 43.4 Å². The van der Waals surface area contributed by atoms with Crippen molar-refractivity contribution in [3.8, 4) is 39.9 Å². The summed E-state index contributed by atoms with van der Waals surface area (Å²) in [4.78, 5) is 15.3. The average Bonchev–Trinajstić information content (AvgIpc) is 3.82. The van der Waals surface area contributed by atoms with Crippen molar-refractivity contribution >= 4 is 76.1 Å². The van der Waals surface area contributed by atoms with E-state index in [4.69, 9.17) is 19.4 Å². The molecule has 5 nitrogen and oxygen atoms in total. The molecule has 0 saturated carbocycles. The molecule has 9 aromatic carbocycles. The van der Waals surface area contributed by atoms with Crippen LogP contribution in [-0.2, 0) is 0 Å². The number of benzene rings is 9. The second kappa shape index (κ2) is 11.9. The van der Waals surface area contributed by atoms with Crippen LogP contribution in [0.5, 0.6) is 0 Å². The van der Waals surface area contributed by atoms with Crippen molar-refractivity contribution in [3.05, 3.63) is 182 Å². The molecule has 56 heavy (non-hydrogen) atoms. The summed E-state index contributed by atoms with van der Waals surface area (Å²) >= 11 is 0. The zero-order valence-corrected chi connectivity index (χ0v) is 30.0. The predicted molar refractivity (Wildman–Crippen MR) is 230 cm³/mol. The second-order valence-corrected chi connectivity index (χ2v) is 14.4. The van der Waals surface area contributed by atoms with Gasteiger partial charge in [-0.15, -0.1) is 0 Å². The summed E-state index contributed by atoms with van der Waals surface area (Å²) in [5.41, 5.74) is 7.67. The van der Waals surface area contributed by atoms with Crippen LogP contribution in [0.3, 0.4) is 0 Å². The Hall–Kier alpha value is -7.63. The van der Waals surface area contributed by atoms with Crippen molar-refractivity contribution in [1.29, 1.82) is 0 Å². The van der Waals surface area contributed by atoms with Gasteiger partial charge in [-0.25, -0.2) is 15.0 Å². The van der Waals surface area contributed by atoms with Gasteiger partial charge in [-0.1, -0.05) is 146 Å². The van der Waals surface area contributed by atoms with Crippen LogP contribution in [0.4, 0.5) is 0 Å². The monoisotopic (exact) mass is 714 g/mol. The minimum atomic E-state index is 0.559. The van der Waals surface area contributed by atoms with Gasteiger partial charge in [0.05, 0.1) is 16.6 Å². The van der Waals surface area contributed by atoms with Gasteiger partial charge in [0.25, 0.3) is 0 Å². The Labute approximate surface area is 320 Å². The molecule has 3 aromatic heterocycles.